The maximum Gasteiger partial charge on any atom is 0.225 e. The molecule has 5 nitrogen and oxygen atoms in total. The quantitative estimate of drug-likeness (QED) is 0.862. The summed E-state index contributed by atoms with van der Waals surface area (Å²) >= 11 is 0. The lowest BCUT2D eigenvalue weighted by Gasteiger charge is -2.19. The Labute approximate surface area is 107 Å². The van der Waals surface area contributed by atoms with Crippen LogP contribution in [0.15, 0.2) is 18.3 Å². The number of pyridine rings is 1. The lowest BCUT2D eigenvalue weighted by Crippen LogP contribution is -2.31. The van der Waals surface area contributed by atoms with Crippen molar-refractivity contribution >= 4 is 5.91 Å². The van der Waals surface area contributed by atoms with E-state index in [2.05, 4.69) is 4.98 Å². The minimum absolute atomic E-state index is 0.0627. The third kappa shape index (κ3) is 3.27. The number of nitrogens with zero attached hydrogens (tertiary/aromatic N) is 2. The lowest BCUT2D eigenvalue weighted by atomic mass is 10.2. The summed E-state index contributed by atoms with van der Waals surface area (Å²) in [5.74, 6) is 0.142. The first-order valence-corrected chi connectivity index (χ1v) is 6.23. The van der Waals surface area contributed by atoms with Crippen LogP contribution in [-0.2, 0) is 16.1 Å². The normalized spacial score (nSPS) is 18.6. The highest BCUT2D eigenvalue weighted by molar-refractivity contribution is 5.76. The van der Waals surface area contributed by atoms with Gasteiger partial charge in [0, 0.05) is 25.3 Å². The van der Waals surface area contributed by atoms with Crippen LogP contribution in [0.1, 0.15) is 30.6 Å². The number of carbonyl (C=O) groups excluding carboxylic acids is 1. The zero-order chi connectivity index (χ0) is 13.0. The van der Waals surface area contributed by atoms with Gasteiger partial charge in [0.05, 0.1) is 25.3 Å². The van der Waals surface area contributed by atoms with Gasteiger partial charge in [0.1, 0.15) is 0 Å². The van der Waals surface area contributed by atoms with Gasteiger partial charge in [-0.15, -0.1) is 0 Å². The van der Waals surface area contributed by atoms with E-state index in [4.69, 9.17) is 10.5 Å². The van der Waals surface area contributed by atoms with E-state index in [1.165, 1.54) is 0 Å². The van der Waals surface area contributed by atoms with Crippen molar-refractivity contribution < 1.29 is 9.53 Å². The summed E-state index contributed by atoms with van der Waals surface area (Å²) in [5.41, 5.74) is 7.64. The van der Waals surface area contributed by atoms with Crippen molar-refractivity contribution in [1.82, 2.24) is 9.88 Å². The van der Waals surface area contributed by atoms with Crippen molar-refractivity contribution in [3.8, 4) is 0 Å². The van der Waals surface area contributed by atoms with Crippen LogP contribution in [0.5, 0.6) is 0 Å². The molecule has 0 saturated carbocycles. The lowest BCUT2D eigenvalue weighted by molar-refractivity contribution is -0.131. The van der Waals surface area contributed by atoms with Gasteiger partial charge in [0.25, 0.3) is 0 Å². The third-order valence-corrected chi connectivity index (χ3v) is 3.01. The van der Waals surface area contributed by atoms with Gasteiger partial charge in [0.2, 0.25) is 5.91 Å². The molecule has 1 atom stereocenters. The molecular formula is C13H19N3O2. The second-order valence-electron chi connectivity index (χ2n) is 4.56. The third-order valence-electron chi connectivity index (χ3n) is 3.01. The highest BCUT2D eigenvalue weighted by Gasteiger charge is 2.17. The minimum Gasteiger partial charge on any atom is -0.379 e. The Kier molecular flexibility index (Phi) is 4.28. The van der Waals surface area contributed by atoms with Gasteiger partial charge in [-0.1, -0.05) is 6.07 Å². The second kappa shape index (κ2) is 5.93. The molecule has 2 heterocycles. The summed E-state index contributed by atoms with van der Waals surface area (Å²) in [6.45, 7) is 4.27. The maximum absolute atomic E-state index is 11.8. The molecule has 0 radical (unpaired) electrons. The number of carbonyl (C=O) groups is 1. The number of aromatic nitrogens is 1. The Morgan fingerprint density at radius 3 is 3.00 bits per heavy atom. The van der Waals surface area contributed by atoms with E-state index < -0.39 is 0 Å². The van der Waals surface area contributed by atoms with E-state index in [9.17, 15) is 4.79 Å². The molecule has 1 fully saturated rings. The molecule has 98 valence electrons. The minimum atomic E-state index is -0.0627. The summed E-state index contributed by atoms with van der Waals surface area (Å²) in [5, 5.41) is 0. The number of hydrogen-bond donors (Lipinski definition) is 1. The summed E-state index contributed by atoms with van der Waals surface area (Å²) in [6, 6.07) is 3.83. The zero-order valence-corrected chi connectivity index (χ0v) is 10.6. The Balaban J connectivity index is 2.01. The molecular weight excluding hydrogens is 230 g/mol. The monoisotopic (exact) mass is 249 g/mol. The Hall–Kier alpha value is -1.46. The van der Waals surface area contributed by atoms with E-state index in [1.54, 1.807) is 6.20 Å². The van der Waals surface area contributed by atoms with Crippen molar-refractivity contribution in [3.05, 3.63) is 29.6 Å². The molecule has 1 aromatic heterocycles. The predicted octanol–water partition coefficient (Wildman–Crippen LogP) is 0.850. The van der Waals surface area contributed by atoms with Gasteiger partial charge in [-0.25, -0.2) is 0 Å². The average Bonchev–Trinajstić information content (AvgIpc) is 2.56. The predicted molar refractivity (Wildman–Crippen MR) is 67.7 cm³/mol. The first kappa shape index (κ1) is 13.0. The first-order chi connectivity index (χ1) is 8.66. The van der Waals surface area contributed by atoms with E-state index in [-0.39, 0.29) is 11.9 Å². The smallest absolute Gasteiger partial charge is 0.225 e. The highest BCUT2D eigenvalue weighted by Crippen LogP contribution is 2.11. The number of nitrogens with two attached hydrogens (primary N) is 1. The van der Waals surface area contributed by atoms with Crippen LogP contribution in [0.2, 0.25) is 0 Å². The van der Waals surface area contributed by atoms with E-state index in [0.717, 1.165) is 11.3 Å². The molecule has 2 rings (SSSR count). The molecule has 1 aromatic rings. The first-order valence-electron chi connectivity index (χ1n) is 6.23. The highest BCUT2D eigenvalue weighted by atomic mass is 16.5. The molecule has 2 N–H and O–H groups in total. The fourth-order valence-corrected chi connectivity index (χ4v) is 1.91. The molecule has 0 aromatic carbocycles. The van der Waals surface area contributed by atoms with E-state index in [1.807, 2.05) is 24.0 Å². The molecule has 0 bridgehead atoms. The molecule has 0 unspecified atom stereocenters. The van der Waals surface area contributed by atoms with Crippen molar-refractivity contribution in [1.29, 1.82) is 0 Å². The van der Waals surface area contributed by atoms with Crippen LogP contribution in [-0.4, -0.2) is 35.5 Å². The molecule has 5 heteroatoms. The average molecular weight is 249 g/mol. The molecule has 18 heavy (non-hydrogen) atoms. The molecule has 1 saturated heterocycles. The van der Waals surface area contributed by atoms with Gasteiger partial charge in [-0.3, -0.25) is 9.78 Å². The second-order valence-corrected chi connectivity index (χ2v) is 4.56. The number of ether oxygens (including phenoxy) is 1. The van der Waals surface area contributed by atoms with E-state index in [0.29, 0.717) is 32.7 Å². The summed E-state index contributed by atoms with van der Waals surface area (Å²) in [4.78, 5) is 17.9. The number of rotatable bonds is 3. The van der Waals surface area contributed by atoms with Crippen LogP contribution in [0, 0.1) is 0 Å². The van der Waals surface area contributed by atoms with Crippen molar-refractivity contribution in [2.45, 2.75) is 25.9 Å². The number of amides is 1. The van der Waals surface area contributed by atoms with Crippen molar-refractivity contribution in [2.75, 3.05) is 19.8 Å². The number of hydrogen-bond acceptors (Lipinski definition) is 4. The van der Waals surface area contributed by atoms with Crippen LogP contribution < -0.4 is 5.73 Å². The van der Waals surface area contributed by atoms with Gasteiger partial charge in [0.15, 0.2) is 0 Å². The standard InChI is InChI=1S/C13H19N3O2/c1-10(14)12-3-2-11(8-15-12)9-16-5-7-18-6-4-13(16)17/h2-3,8,10H,4-7,9,14H2,1H3/t10-/m1/s1. The van der Waals surface area contributed by atoms with Crippen LogP contribution in [0.25, 0.3) is 0 Å². The van der Waals surface area contributed by atoms with Crippen molar-refractivity contribution in [2.24, 2.45) is 5.73 Å². The molecule has 0 aliphatic carbocycles. The van der Waals surface area contributed by atoms with Crippen molar-refractivity contribution in [3.63, 3.8) is 0 Å². The zero-order valence-electron chi connectivity index (χ0n) is 10.6. The van der Waals surface area contributed by atoms with Crippen LogP contribution in [0.4, 0.5) is 0 Å². The van der Waals surface area contributed by atoms with Crippen LogP contribution >= 0.6 is 0 Å². The van der Waals surface area contributed by atoms with Crippen LogP contribution in [0.3, 0.4) is 0 Å². The SMILES string of the molecule is C[C@@H](N)c1ccc(CN2CCOCCC2=O)cn1. The van der Waals surface area contributed by atoms with E-state index >= 15 is 0 Å². The van der Waals surface area contributed by atoms with Gasteiger partial charge < -0.3 is 15.4 Å². The summed E-state index contributed by atoms with van der Waals surface area (Å²) in [7, 11) is 0. The van der Waals surface area contributed by atoms with Gasteiger partial charge >= 0.3 is 0 Å². The molecule has 1 amide bonds. The Morgan fingerprint density at radius 2 is 2.33 bits per heavy atom. The topological polar surface area (TPSA) is 68.4 Å². The summed E-state index contributed by atoms with van der Waals surface area (Å²) in [6.07, 6.45) is 2.25. The van der Waals surface area contributed by atoms with Gasteiger partial charge in [-0.2, -0.15) is 0 Å². The maximum atomic E-state index is 11.8. The molecule has 1 aliphatic heterocycles. The van der Waals surface area contributed by atoms with Gasteiger partial charge in [-0.05, 0) is 18.6 Å². The Morgan fingerprint density at radius 1 is 1.50 bits per heavy atom. The fourth-order valence-electron chi connectivity index (χ4n) is 1.91. The largest absolute Gasteiger partial charge is 0.379 e. The molecule has 0 spiro atoms. The Bertz CT molecular complexity index is 403. The summed E-state index contributed by atoms with van der Waals surface area (Å²) < 4.78 is 5.29. The fraction of sp³-hybridized carbons (Fsp3) is 0.538. The molecule has 1 aliphatic rings.